The van der Waals surface area contributed by atoms with E-state index in [-0.39, 0.29) is 5.69 Å². The van der Waals surface area contributed by atoms with Crippen molar-refractivity contribution in [3.8, 4) is 28.1 Å². The van der Waals surface area contributed by atoms with E-state index >= 15 is 0 Å². The summed E-state index contributed by atoms with van der Waals surface area (Å²) in [6, 6.07) is 13.9. The van der Waals surface area contributed by atoms with Crippen molar-refractivity contribution in [3.63, 3.8) is 0 Å². The van der Waals surface area contributed by atoms with Crippen molar-refractivity contribution in [2.45, 2.75) is 0 Å². The van der Waals surface area contributed by atoms with Gasteiger partial charge in [0.15, 0.2) is 5.65 Å². The lowest BCUT2D eigenvalue weighted by Crippen LogP contribution is -1.97. The highest BCUT2D eigenvalue weighted by atomic mass is 16.6. The molecule has 27 heavy (non-hydrogen) atoms. The van der Waals surface area contributed by atoms with Gasteiger partial charge in [0, 0.05) is 34.5 Å². The molecule has 3 N–H and O–H groups in total. The number of ether oxygens (including phenoxy) is 1. The van der Waals surface area contributed by atoms with Gasteiger partial charge < -0.3 is 10.5 Å². The number of nitrogen functional groups attached to an aromatic ring is 1. The maximum Gasteiger partial charge on any atom is 0.279 e. The number of nitrogens with one attached hydrogen (secondary N) is 1. The lowest BCUT2D eigenvalue weighted by molar-refractivity contribution is -0.384. The Morgan fingerprint density at radius 2 is 1.93 bits per heavy atom. The number of hydrogen-bond donors (Lipinski definition) is 2. The monoisotopic (exact) mass is 361 g/mol. The number of nitrogens with zero attached hydrogens (tertiary/aromatic N) is 3. The first kappa shape index (κ1) is 16.5. The number of aromatic amines is 1. The quantitative estimate of drug-likeness (QED) is 0.324. The van der Waals surface area contributed by atoms with E-state index < -0.39 is 4.92 Å². The molecule has 4 aromatic rings. The summed E-state index contributed by atoms with van der Waals surface area (Å²) in [6.45, 7) is 0. The number of nitro groups is 1. The number of H-pyrrole nitrogens is 1. The predicted molar refractivity (Wildman–Crippen MR) is 102 cm³/mol. The van der Waals surface area contributed by atoms with Crippen LogP contribution < -0.4 is 10.5 Å². The molecule has 0 aliphatic rings. The largest absolute Gasteiger partial charge is 0.497 e. The van der Waals surface area contributed by atoms with E-state index in [9.17, 15) is 10.1 Å². The Kier molecular flexibility index (Phi) is 3.92. The standard InChI is InChI=1S/C19H15N5O3/c1-27-13-7-5-11(6-8-13)18-14-9-12(10-21-19(14)23-22-18)17-15(20)3-2-4-16(17)24(25)26/h2-10H,20H2,1H3,(H,21,22,23). The number of benzene rings is 2. The van der Waals surface area contributed by atoms with Crippen LogP contribution in [-0.4, -0.2) is 27.2 Å². The summed E-state index contributed by atoms with van der Waals surface area (Å²) < 4.78 is 5.18. The second kappa shape index (κ2) is 6.41. The Bertz CT molecular complexity index is 1150. The number of nitro benzene ring substituents is 1. The van der Waals surface area contributed by atoms with E-state index in [2.05, 4.69) is 15.2 Å². The van der Waals surface area contributed by atoms with Gasteiger partial charge in [0.25, 0.3) is 5.69 Å². The van der Waals surface area contributed by atoms with Crippen molar-refractivity contribution in [2.24, 2.45) is 0 Å². The lowest BCUT2D eigenvalue weighted by atomic mass is 10.0. The molecule has 0 radical (unpaired) electrons. The number of anilines is 1. The maximum atomic E-state index is 11.4. The summed E-state index contributed by atoms with van der Waals surface area (Å²) in [5, 5.41) is 19.4. The molecular weight excluding hydrogens is 346 g/mol. The van der Waals surface area contributed by atoms with Crippen LogP contribution in [0.1, 0.15) is 0 Å². The van der Waals surface area contributed by atoms with Gasteiger partial charge in [-0.3, -0.25) is 15.2 Å². The van der Waals surface area contributed by atoms with E-state index in [1.165, 1.54) is 6.07 Å². The first-order valence-electron chi connectivity index (χ1n) is 8.10. The number of aromatic nitrogens is 3. The Hall–Kier alpha value is -3.94. The van der Waals surface area contributed by atoms with E-state index in [1.54, 1.807) is 25.4 Å². The predicted octanol–water partition coefficient (Wildman–Crippen LogP) is 3.79. The van der Waals surface area contributed by atoms with Gasteiger partial charge in [-0.05, 0) is 36.4 Å². The molecule has 8 heteroatoms. The lowest BCUT2D eigenvalue weighted by Gasteiger charge is -2.07. The highest BCUT2D eigenvalue weighted by Crippen LogP contribution is 2.37. The molecule has 0 unspecified atom stereocenters. The van der Waals surface area contributed by atoms with Gasteiger partial charge in [0.2, 0.25) is 0 Å². The summed E-state index contributed by atoms with van der Waals surface area (Å²) in [6.07, 6.45) is 1.54. The van der Waals surface area contributed by atoms with Crippen LogP contribution in [0.2, 0.25) is 0 Å². The second-order valence-electron chi connectivity index (χ2n) is 5.92. The van der Waals surface area contributed by atoms with Gasteiger partial charge in [-0.25, -0.2) is 4.98 Å². The van der Waals surface area contributed by atoms with Crippen molar-refractivity contribution in [2.75, 3.05) is 12.8 Å². The Morgan fingerprint density at radius 1 is 1.15 bits per heavy atom. The third-order valence-electron chi connectivity index (χ3n) is 4.35. The molecule has 0 saturated heterocycles. The molecule has 0 aliphatic carbocycles. The highest BCUT2D eigenvalue weighted by molar-refractivity contribution is 5.95. The van der Waals surface area contributed by atoms with Crippen molar-refractivity contribution in [3.05, 3.63) is 64.8 Å². The van der Waals surface area contributed by atoms with Crippen LogP contribution >= 0.6 is 0 Å². The van der Waals surface area contributed by atoms with Crippen molar-refractivity contribution < 1.29 is 9.66 Å². The normalized spacial score (nSPS) is 10.9. The highest BCUT2D eigenvalue weighted by Gasteiger charge is 2.20. The zero-order chi connectivity index (χ0) is 19.0. The van der Waals surface area contributed by atoms with Gasteiger partial charge in [-0.2, -0.15) is 5.10 Å². The zero-order valence-corrected chi connectivity index (χ0v) is 14.3. The number of rotatable bonds is 4. The van der Waals surface area contributed by atoms with Gasteiger partial charge >= 0.3 is 0 Å². The minimum Gasteiger partial charge on any atom is -0.497 e. The van der Waals surface area contributed by atoms with Gasteiger partial charge in [-0.1, -0.05) is 6.07 Å². The average Bonchev–Trinajstić information content (AvgIpc) is 3.11. The Labute approximate surface area is 153 Å². The molecule has 2 heterocycles. The van der Waals surface area contributed by atoms with Crippen LogP contribution in [0.3, 0.4) is 0 Å². The Morgan fingerprint density at radius 3 is 2.63 bits per heavy atom. The van der Waals surface area contributed by atoms with Crippen molar-refractivity contribution >= 4 is 22.4 Å². The summed E-state index contributed by atoms with van der Waals surface area (Å²) in [4.78, 5) is 15.3. The molecular formula is C19H15N5O3. The molecule has 4 rings (SSSR count). The van der Waals surface area contributed by atoms with Crippen LogP contribution in [0.4, 0.5) is 11.4 Å². The molecule has 0 fully saturated rings. The molecule has 8 nitrogen and oxygen atoms in total. The summed E-state index contributed by atoms with van der Waals surface area (Å²) >= 11 is 0. The first-order valence-corrected chi connectivity index (χ1v) is 8.10. The molecule has 0 saturated carbocycles. The molecule has 0 atom stereocenters. The molecule has 2 aromatic heterocycles. The molecule has 2 aromatic carbocycles. The molecule has 0 bridgehead atoms. The average molecular weight is 361 g/mol. The van der Waals surface area contributed by atoms with Crippen molar-refractivity contribution in [1.29, 1.82) is 0 Å². The Balaban J connectivity index is 1.89. The number of methoxy groups -OCH3 is 1. The van der Waals surface area contributed by atoms with Crippen molar-refractivity contribution in [1.82, 2.24) is 15.2 Å². The van der Waals surface area contributed by atoms with Crippen LogP contribution in [0.25, 0.3) is 33.4 Å². The van der Waals surface area contributed by atoms with Crippen LogP contribution in [0, 0.1) is 10.1 Å². The van der Waals surface area contributed by atoms with Gasteiger partial charge in [0.1, 0.15) is 5.75 Å². The van der Waals surface area contributed by atoms with Gasteiger partial charge in [-0.15, -0.1) is 0 Å². The van der Waals surface area contributed by atoms with E-state index in [4.69, 9.17) is 10.5 Å². The first-order chi connectivity index (χ1) is 13.1. The minimum atomic E-state index is -0.449. The smallest absolute Gasteiger partial charge is 0.279 e. The number of nitrogens with two attached hydrogens (primary N) is 1. The van der Waals surface area contributed by atoms with Crippen LogP contribution in [0.5, 0.6) is 5.75 Å². The second-order valence-corrected chi connectivity index (χ2v) is 5.92. The summed E-state index contributed by atoms with van der Waals surface area (Å²) in [7, 11) is 1.61. The van der Waals surface area contributed by atoms with E-state index in [1.807, 2.05) is 30.3 Å². The molecule has 0 amide bonds. The van der Waals surface area contributed by atoms with Crippen LogP contribution in [-0.2, 0) is 0 Å². The van der Waals surface area contributed by atoms with E-state index in [0.717, 1.165) is 22.4 Å². The third-order valence-corrected chi connectivity index (χ3v) is 4.35. The summed E-state index contributed by atoms with van der Waals surface area (Å²) in [5.74, 6) is 0.745. The molecule has 0 spiro atoms. The minimum absolute atomic E-state index is 0.0642. The van der Waals surface area contributed by atoms with Gasteiger partial charge in [0.05, 0.1) is 23.3 Å². The third kappa shape index (κ3) is 2.82. The van der Waals surface area contributed by atoms with Crippen LogP contribution in [0.15, 0.2) is 54.7 Å². The topological polar surface area (TPSA) is 120 Å². The zero-order valence-electron chi connectivity index (χ0n) is 14.3. The number of pyridine rings is 1. The summed E-state index contributed by atoms with van der Waals surface area (Å²) in [5.41, 5.74) is 9.36. The fourth-order valence-electron chi connectivity index (χ4n) is 3.04. The fraction of sp³-hybridized carbons (Fsp3) is 0.0526. The van der Waals surface area contributed by atoms with E-state index in [0.29, 0.717) is 22.5 Å². The molecule has 0 aliphatic heterocycles. The molecule has 134 valence electrons. The number of fused-ring (bicyclic) bond motifs is 1. The maximum absolute atomic E-state index is 11.4. The SMILES string of the molecule is COc1ccc(-c2[nH]nc3ncc(-c4c(N)cccc4[N+](=O)[O-])cc23)cc1. The fourth-order valence-corrected chi connectivity index (χ4v) is 3.04. The number of hydrogen-bond acceptors (Lipinski definition) is 6.